The molecule has 0 N–H and O–H groups in total. The summed E-state index contributed by atoms with van der Waals surface area (Å²) in [5.41, 5.74) is -0.553. The predicted molar refractivity (Wildman–Crippen MR) is 114 cm³/mol. The van der Waals surface area contributed by atoms with Crippen LogP contribution in [0.5, 0.6) is 5.75 Å². The van der Waals surface area contributed by atoms with Crippen molar-refractivity contribution in [1.82, 2.24) is 4.98 Å². The zero-order chi connectivity index (χ0) is 22.1. The van der Waals surface area contributed by atoms with Crippen LogP contribution >= 0.6 is 11.3 Å². The van der Waals surface area contributed by atoms with Crippen LogP contribution in [0.2, 0.25) is 0 Å². The summed E-state index contributed by atoms with van der Waals surface area (Å²) >= 11 is 1.50. The quantitative estimate of drug-likeness (QED) is 0.348. The Balaban J connectivity index is 1.50. The van der Waals surface area contributed by atoms with Crippen molar-refractivity contribution in [2.24, 2.45) is 5.41 Å². The molecule has 0 aliphatic carbocycles. The normalized spacial score (nSPS) is 27.5. The minimum atomic E-state index is -1.28. The maximum Gasteiger partial charge on any atom is 0.324 e. The molecule has 1 aromatic carbocycles. The van der Waals surface area contributed by atoms with Crippen LogP contribution in [-0.2, 0) is 35.8 Å². The summed E-state index contributed by atoms with van der Waals surface area (Å²) in [7, 11) is 1.64. The Morgan fingerprint density at radius 1 is 1.26 bits per heavy atom. The molecule has 2 saturated heterocycles. The Bertz CT molecular complexity index is 974. The van der Waals surface area contributed by atoms with Crippen LogP contribution in [0.15, 0.2) is 29.6 Å². The lowest BCUT2D eigenvalue weighted by molar-refractivity contribution is -0.160. The summed E-state index contributed by atoms with van der Waals surface area (Å²) in [4.78, 5) is 30.3. The molecule has 0 amide bonds. The van der Waals surface area contributed by atoms with Gasteiger partial charge in [0.15, 0.2) is 11.0 Å². The third kappa shape index (κ3) is 4.06. The van der Waals surface area contributed by atoms with E-state index in [0.717, 1.165) is 22.7 Å². The number of thiazole rings is 1. The van der Waals surface area contributed by atoms with Crippen molar-refractivity contribution in [2.75, 3.05) is 20.3 Å². The molecule has 4 rings (SSSR count). The van der Waals surface area contributed by atoms with Crippen LogP contribution in [0, 0.1) is 5.41 Å². The maximum atomic E-state index is 12.8. The molecule has 31 heavy (non-hydrogen) atoms. The zero-order valence-electron chi connectivity index (χ0n) is 18.0. The van der Waals surface area contributed by atoms with Gasteiger partial charge in [-0.1, -0.05) is 25.1 Å². The first-order valence-electron chi connectivity index (χ1n) is 10.5. The Morgan fingerprint density at radius 3 is 2.84 bits per heavy atom. The molecule has 3 atom stereocenters. The number of methoxy groups -OCH3 is 1. The van der Waals surface area contributed by atoms with Gasteiger partial charge in [0.05, 0.1) is 24.4 Å². The minimum absolute atomic E-state index is 0.222. The second-order valence-corrected chi connectivity index (χ2v) is 9.24. The molecule has 3 heterocycles. The van der Waals surface area contributed by atoms with Crippen LogP contribution in [-0.4, -0.2) is 43.4 Å². The molecule has 0 saturated carbocycles. The van der Waals surface area contributed by atoms with Gasteiger partial charge < -0.3 is 18.9 Å². The number of hydrogen-bond acceptors (Lipinski definition) is 8. The van der Waals surface area contributed by atoms with Crippen LogP contribution < -0.4 is 4.74 Å². The van der Waals surface area contributed by atoms with E-state index in [0.29, 0.717) is 25.3 Å². The smallest absolute Gasteiger partial charge is 0.324 e. The third-order valence-corrected chi connectivity index (χ3v) is 6.72. The van der Waals surface area contributed by atoms with Gasteiger partial charge in [0.2, 0.25) is 0 Å². The predicted octanol–water partition coefficient (Wildman–Crippen LogP) is 3.63. The molecule has 2 aliphatic heterocycles. The lowest BCUT2D eigenvalue weighted by Gasteiger charge is -2.20. The summed E-state index contributed by atoms with van der Waals surface area (Å²) in [6.07, 6.45) is 1.57. The molecule has 166 valence electrons. The van der Waals surface area contributed by atoms with Gasteiger partial charge in [-0.25, -0.2) is 4.98 Å². The van der Waals surface area contributed by atoms with Gasteiger partial charge in [0.1, 0.15) is 11.9 Å². The molecule has 2 aromatic rings. The summed E-state index contributed by atoms with van der Waals surface area (Å²) in [6.45, 7) is 4.72. The van der Waals surface area contributed by atoms with Crippen molar-refractivity contribution in [2.45, 2.75) is 51.2 Å². The van der Waals surface area contributed by atoms with Gasteiger partial charge in [-0.2, -0.15) is 0 Å². The fraction of sp³-hybridized carbons (Fsp3) is 0.522. The van der Waals surface area contributed by atoms with Crippen molar-refractivity contribution >= 4 is 23.3 Å². The van der Waals surface area contributed by atoms with E-state index in [-0.39, 0.29) is 12.8 Å². The molecule has 0 unspecified atom stereocenters. The largest absolute Gasteiger partial charge is 0.496 e. The van der Waals surface area contributed by atoms with Crippen molar-refractivity contribution in [3.8, 4) is 5.75 Å². The first kappa shape index (κ1) is 21.8. The Morgan fingerprint density at radius 2 is 2.06 bits per heavy atom. The fourth-order valence-electron chi connectivity index (χ4n) is 4.32. The highest BCUT2D eigenvalue weighted by molar-refractivity contribution is 7.09. The highest BCUT2D eigenvalue weighted by Gasteiger charge is 2.65. The number of rotatable bonds is 8. The molecule has 1 aromatic heterocycles. The minimum Gasteiger partial charge on any atom is -0.496 e. The summed E-state index contributed by atoms with van der Waals surface area (Å²) in [5, 5.41) is 2.79. The Kier molecular flexibility index (Phi) is 6.03. The molecule has 1 spiro atoms. The number of nitrogens with zero attached hydrogens (tertiary/aromatic N) is 1. The van der Waals surface area contributed by atoms with E-state index in [4.69, 9.17) is 23.9 Å². The van der Waals surface area contributed by atoms with E-state index in [1.807, 2.05) is 43.5 Å². The highest BCUT2D eigenvalue weighted by atomic mass is 32.1. The monoisotopic (exact) mass is 445 g/mol. The molecular formula is C23H27NO6S. The van der Waals surface area contributed by atoms with Gasteiger partial charge >= 0.3 is 11.9 Å². The zero-order valence-corrected chi connectivity index (χ0v) is 18.8. The van der Waals surface area contributed by atoms with Crippen LogP contribution in [0.3, 0.4) is 0 Å². The Labute approximate surface area is 185 Å². The number of cyclic esters (lactones) is 2. The lowest BCUT2D eigenvalue weighted by Crippen LogP contribution is -2.32. The topological polar surface area (TPSA) is 84.0 Å². The standard InChI is InChI=1S/C23H27NO6S/c1-4-9-28-12-16-11-23(20(25)29-16)14-22(2,30-21(23)26)18-13-31-19(24-18)10-15-7-5-6-8-17(15)27-3/h5-8,13,16H,4,9-12,14H2,1-3H3/t16-,22+,23-/m0/s1. The molecule has 2 aliphatic rings. The van der Waals surface area contributed by atoms with E-state index in [2.05, 4.69) is 0 Å². The van der Waals surface area contributed by atoms with Gasteiger partial charge in [-0.15, -0.1) is 11.3 Å². The molecule has 0 radical (unpaired) electrons. The third-order valence-electron chi connectivity index (χ3n) is 5.87. The van der Waals surface area contributed by atoms with Gasteiger partial charge in [0.25, 0.3) is 0 Å². The number of para-hydroxylation sites is 1. The summed E-state index contributed by atoms with van der Waals surface area (Å²) < 4.78 is 22.2. The van der Waals surface area contributed by atoms with Crippen LogP contribution in [0.25, 0.3) is 0 Å². The van der Waals surface area contributed by atoms with E-state index in [9.17, 15) is 9.59 Å². The number of ether oxygens (including phenoxy) is 4. The number of esters is 2. The SMILES string of the molecule is CCCOC[C@@H]1C[C@]2(C[C@](C)(c3csc(Cc4ccccc4OC)n3)OC2=O)C(=O)O1. The van der Waals surface area contributed by atoms with Gasteiger partial charge in [0, 0.05) is 36.8 Å². The van der Waals surface area contributed by atoms with Crippen LogP contribution in [0.1, 0.15) is 49.4 Å². The lowest BCUT2D eigenvalue weighted by atomic mass is 9.78. The molecule has 7 nitrogen and oxygen atoms in total. The van der Waals surface area contributed by atoms with Gasteiger partial charge in [-0.3, -0.25) is 9.59 Å². The first-order chi connectivity index (χ1) is 14.9. The van der Waals surface area contributed by atoms with Crippen molar-refractivity contribution in [3.63, 3.8) is 0 Å². The number of carbonyl (C=O) groups excluding carboxylic acids is 2. The number of carbonyl (C=O) groups is 2. The number of benzene rings is 1. The molecule has 2 fully saturated rings. The molecule has 0 bridgehead atoms. The first-order valence-corrected chi connectivity index (χ1v) is 11.4. The average Bonchev–Trinajstić information content (AvgIpc) is 3.41. The van der Waals surface area contributed by atoms with Gasteiger partial charge in [-0.05, 0) is 19.4 Å². The van der Waals surface area contributed by atoms with E-state index < -0.39 is 29.1 Å². The number of hydrogen-bond donors (Lipinski definition) is 0. The summed E-state index contributed by atoms with van der Waals surface area (Å²) in [6, 6.07) is 7.80. The second kappa shape index (κ2) is 8.59. The maximum absolute atomic E-state index is 12.8. The fourth-order valence-corrected chi connectivity index (χ4v) is 5.26. The van der Waals surface area contributed by atoms with E-state index in [1.165, 1.54) is 11.3 Å². The summed E-state index contributed by atoms with van der Waals surface area (Å²) in [5.74, 6) is -0.241. The van der Waals surface area contributed by atoms with Crippen molar-refractivity contribution in [1.29, 1.82) is 0 Å². The average molecular weight is 446 g/mol. The highest BCUT2D eigenvalue weighted by Crippen LogP contribution is 2.52. The molecular weight excluding hydrogens is 418 g/mol. The van der Waals surface area contributed by atoms with Crippen molar-refractivity contribution < 1.29 is 28.5 Å². The number of aromatic nitrogens is 1. The molecule has 8 heteroatoms. The van der Waals surface area contributed by atoms with E-state index in [1.54, 1.807) is 7.11 Å². The van der Waals surface area contributed by atoms with Crippen LogP contribution in [0.4, 0.5) is 0 Å². The van der Waals surface area contributed by atoms with Crippen molar-refractivity contribution in [3.05, 3.63) is 45.9 Å². The van der Waals surface area contributed by atoms with E-state index >= 15 is 0 Å². The Hall–Kier alpha value is -2.45. The second-order valence-electron chi connectivity index (χ2n) is 8.30.